The zero-order chi connectivity index (χ0) is 22.5. The normalized spacial score (nSPS) is 22.4. The molecule has 1 saturated carbocycles. The van der Waals surface area contributed by atoms with Gasteiger partial charge in [0.1, 0.15) is 17.1 Å². The van der Waals surface area contributed by atoms with Crippen LogP contribution in [0.25, 0.3) is 5.69 Å². The second-order valence-electron chi connectivity index (χ2n) is 7.86. The number of hydrogen-bond acceptors (Lipinski definition) is 6. The Labute approximate surface area is 179 Å². The van der Waals surface area contributed by atoms with Crippen molar-refractivity contribution in [3.63, 3.8) is 0 Å². The van der Waals surface area contributed by atoms with Crippen LogP contribution in [-0.4, -0.2) is 54.4 Å². The van der Waals surface area contributed by atoms with E-state index < -0.39 is 23.5 Å². The molecular formula is C20H17F4N7O. The van der Waals surface area contributed by atoms with E-state index in [0.717, 1.165) is 0 Å². The molecule has 3 unspecified atom stereocenters. The van der Waals surface area contributed by atoms with E-state index in [-0.39, 0.29) is 35.2 Å². The lowest BCUT2D eigenvalue weighted by Gasteiger charge is -2.34. The van der Waals surface area contributed by atoms with Gasteiger partial charge < -0.3 is 10.2 Å². The first kappa shape index (κ1) is 20.3. The maximum Gasteiger partial charge on any atom is 0.419 e. The number of alkyl halides is 3. The maximum atomic E-state index is 14.7. The first-order valence-electron chi connectivity index (χ1n) is 9.93. The Bertz CT molecular complexity index is 1130. The SMILES string of the molecule is O=C(c1c(F)cccc1-n1nccn1)N1CC2CC(Nc3ncc(C(F)(F)F)cn3)C1C2. The van der Waals surface area contributed by atoms with Gasteiger partial charge in [-0.05, 0) is 30.9 Å². The third kappa shape index (κ3) is 3.55. The van der Waals surface area contributed by atoms with Crippen molar-refractivity contribution in [3.8, 4) is 5.69 Å². The molecule has 32 heavy (non-hydrogen) atoms. The summed E-state index contributed by atoms with van der Waals surface area (Å²) in [5, 5.41) is 11.0. The standard InChI is InChI=1S/C20H17F4N7O/c21-13-2-1-3-15(31-27-4-5-28-31)17(13)18(32)30-10-11-6-14(16(30)7-11)29-19-25-8-12(9-26-19)20(22,23)24/h1-5,8-9,11,14,16H,6-7,10H2,(H,25,26,29). The van der Waals surface area contributed by atoms with Gasteiger partial charge in [-0.15, -0.1) is 0 Å². The summed E-state index contributed by atoms with van der Waals surface area (Å²) in [5.41, 5.74) is -0.828. The van der Waals surface area contributed by atoms with Gasteiger partial charge in [0, 0.05) is 25.0 Å². The van der Waals surface area contributed by atoms with Gasteiger partial charge in [0.2, 0.25) is 5.95 Å². The average molecular weight is 447 g/mol. The molecular weight excluding hydrogens is 430 g/mol. The third-order valence-corrected chi connectivity index (χ3v) is 5.88. The van der Waals surface area contributed by atoms with E-state index in [0.29, 0.717) is 31.8 Å². The Balaban J connectivity index is 1.37. The predicted molar refractivity (Wildman–Crippen MR) is 103 cm³/mol. The van der Waals surface area contributed by atoms with Crippen molar-refractivity contribution >= 4 is 11.9 Å². The molecule has 12 heteroatoms. The van der Waals surface area contributed by atoms with E-state index in [1.54, 1.807) is 11.0 Å². The van der Waals surface area contributed by atoms with Crippen LogP contribution in [0.4, 0.5) is 23.5 Å². The van der Waals surface area contributed by atoms with Crippen molar-refractivity contribution in [2.45, 2.75) is 31.1 Å². The third-order valence-electron chi connectivity index (χ3n) is 5.88. The molecule has 3 heterocycles. The predicted octanol–water partition coefficient (Wildman–Crippen LogP) is 2.93. The lowest BCUT2D eigenvalue weighted by Crippen LogP contribution is -2.48. The van der Waals surface area contributed by atoms with Gasteiger partial charge in [-0.25, -0.2) is 14.4 Å². The molecule has 3 aromatic rings. The van der Waals surface area contributed by atoms with Crippen molar-refractivity contribution in [1.29, 1.82) is 0 Å². The number of fused-ring (bicyclic) bond motifs is 2. The first-order chi connectivity index (χ1) is 15.3. The van der Waals surface area contributed by atoms with Crippen LogP contribution in [0.3, 0.4) is 0 Å². The number of anilines is 1. The molecule has 1 aliphatic carbocycles. The maximum absolute atomic E-state index is 14.7. The van der Waals surface area contributed by atoms with Crippen molar-refractivity contribution in [2.24, 2.45) is 5.92 Å². The summed E-state index contributed by atoms with van der Waals surface area (Å²) < 4.78 is 52.9. The number of hydrogen-bond donors (Lipinski definition) is 1. The van der Waals surface area contributed by atoms with Gasteiger partial charge in [-0.1, -0.05) is 6.07 Å². The molecule has 2 bridgehead atoms. The van der Waals surface area contributed by atoms with E-state index in [4.69, 9.17) is 0 Å². The molecule has 5 rings (SSSR count). The van der Waals surface area contributed by atoms with E-state index >= 15 is 0 Å². The monoisotopic (exact) mass is 447 g/mol. The van der Waals surface area contributed by atoms with Crippen LogP contribution in [0.1, 0.15) is 28.8 Å². The number of carbonyl (C=O) groups excluding carboxylic acids is 1. The van der Waals surface area contributed by atoms with E-state index in [2.05, 4.69) is 25.5 Å². The molecule has 1 aliphatic heterocycles. The number of likely N-dealkylation sites (tertiary alicyclic amines) is 1. The Morgan fingerprint density at radius 3 is 2.47 bits per heavy atom. The van der Waals surface area contributed by atoms with Gasteiger partial charge in [0.25, 0.3) is 5.91 Å². The van der Waals surface area contributed by atoms with Crippen molar-refractivity contribution in [3.05, 3.63) is 59.9 Å². The minimum absolute atomic E-state index is 0.0512. The Morgan fingerprint density at radius 1 is 1.09 bits per heavy atom. The number of nitrogens with one attached hydrogen (secondary N) is 1. The molecule has 2 fully saturated rings. The minimum Gasteiger partial charge on any atom is -0.349 e. The number of amides is 1. The van der Waals surface area contributed by atoms with Crippen LogP contribution in [-0.2, 0) is 6.18 Å². The van der Waals surface area contributed by atoms with Gasteiger partial charge in [-0.3, -0.25) is 4.79 Å². The van der Waals surface area contributed by atoms with Gasteiger partial charge in [-0.2, -0.15) is 28.2 Å². The second kappa shape index (κ2) is 7.53. The number of nitrogens with zero attached hydrogens (tertiary/aromatic N) is 6. The topological polar surface area (TPSA) is 88.8 Å². The average Bonchev–Trinajstić information content (AvgIpc) is 3.50. The van der Waals surface area contributed by atoms with Crippen molar-refractivity contribution in [1.82, 2.24) is 29.9 Å². The Kier molecular flexibility index (Phi) is 4.79. The van der Waals surface area contributed by atoms with E-state index in [1.807, 2.05) is 0 Å². The molecule has 1 saturated heterocycles. The summed E-state index contributed by atoms with van der Waals surface area (Å²) in [7, 11) is 0. The van der Waals surface area contributed by atoms with Gasteiger partial charge >= 0.3 is 6.18 Å². The zero-order valence-electron chi connectivity index (χ0n) is 16.5. The van der Waals surface area contributed by atoms with Crippen LogP contribution < -0.4 is 5.32 Å². The molecule has 0 radical (unpaired) electrons. The van der Waals surface area contributed by atoms with Gasteiger partial charge in [0.15, 0.2) is 0 Å². The molecule has 0 spiro atoms. The fourth-order valence-corrected chi connectivity index (χ4v) is 4.50. The molecule has 1 amide bonds. The highest BCUT2D eigenvalue weighted by molar-refractivity contribution is 5.98. The summed E-state index contributed by atoms with van der Waals surface area (Å²) in [6.07, 6.45) is 1.19. The summed E-state index contributed by atoms with van der Waals surface area (Å²) in [5.74, 6) is -0.921. The summed E-state index contributed by atoms with van der Waals surface area (Å²) in [6.45, 7) is 0.468. The van der Waals surface area contributed by atoms with Gasteiger partial charge in [0.05, 0.1) is 24.0 Å². The first-order valence-corrected chi connectivity index (χ1v) is 9.93. The molecule has 166 valence electrons. The number of halogens is 4. The smallest absolute Gasteiger partial charge is 0.349 e. The lowest BCUT2D eigenvalue weighted by atomic mass is 10.0. The second-order valence-corrected chi connectivity index (χ2v) is 7.86. The highest BCUT2D eigenvalue weighted by atomic mass is 19.4. The molecule has 8 nitrogen and oxygen atoms in total. The lowest BCUT2D eigenvalue weighted by molar-refractivity contribution is -0.138. The molecule has 2 aliphatic rings. The van der Waals surface area contributed by atoms with Crippen LogP contribution in [0, 0.1) is 11.7 Å². The minimum atomic E-state index is -4.52. The number of piperidine rings is 1. The number of aromatic nitrogens is 5. The summed E-state index contributed by atoms with van der Waals surface area (Å²) in [6, 6.07) is 3.73. The highest BCUT2D eigenvalue weighted by Crippen LogP contribution is 2.40. The number of rotatable bonds is 4. The zero-order valence-corrected chi connectivity index (χ0v) is 16.5. The fourth-order valence-electron chi connectivity index (χ4n) is 4.50. The number of carbonyl (C=O) groups is 1. The number of benzene rings is 1. The molecule has 3 atom stereocenters. The van der Waals surface area contributed by atoms with Crippen LogP contribution in [0.5, 0.6) is 0 Å². The van der Waals surface area contributed by atoms with Crippen molar-refractivity contribution in [2.75, 3.05) is 11.9 Å². The largest absolute Gasteiger partial charge is 0.419 e. The molecule has 1 aromatic carbocycles. The van der Waals surface area contributed by atoms with Crippen LogP contribution >= 0.6 is 0 Å². The van der Waals surface area contributed by atoms with Crippen molar-refractivity contribution < 1.29 is 22.4 Å². The highest BCUT2D eigenvalue weighted by Gasteiger charge is 2.48. The van der Waals surface area contributed by atoms with E-state index in [1.165, 1.54) is 29.3 Å². The van der Waals surface area contributed by atoms with Crippen LogP contribution in [0.2, 0.25) is 0 Å². The Morgan fingerprint density at radius 2 is 1.81 bits per heavy atom. The fraction of sp³-hybridized carbons (Fsp3) is 0.350. The quantitative estimate of drug-likeness (QED) is 0.619. The Hall–Kier alpha value is -3.57. The van der Waals surface area contributed by atoms with Crippen LogP contribution in [0.15, 0.2) is 43.0 Å². The molecule has 2 aromatic heterocycles. The van der Waals surface area contributed by atoms with E-state index in [9.17, 15) is 22.4 Å². The summed E-state index contributed by atoms with van der Waals surface area (Å²) >= 11 is 0. The summed E-state index contributed by atoms with van der Waals surface area (Å²) in [4.78, 5) is 23.7. The molecule has 1 N–H and O–H groups in total.